The zero-order valence-corrected chi connectivity index (χ0v) is 11.1. The van der Waals surface area contributed by atoms with Crippen LogP contribution >= 0.6 is 0 Å². The molecule has 1 fully saturated rings. The van der Waals surface area contributed by atoms with E-state index in [9.17, 15) is 9.90 Å². The van der Waals surface area contributed by atoms with E-state index in [1.165, 1.54) is 0 Å². The number of β-amino-alcohol motifs (C(OH)–C–C–N with tert-alkyl or cyclic N) is 1. The zero-order chi connectivity index (χ0) is 13.5. The number of aromatic amines is 1. The molecular formula is C13H22N4O2. The molecule has 0 aromatic carbocycles. The lowest BCUT2D eigenvalue weighted by Crippen LogP contribution is -2.44. The number of aromatic nitrogens is 2. The van der Waals surface area contributed by atoms with E-state index in [0.717, 1.165) is 38.1 Å². The van der Waals surface area contributed by atoms with Gasteiger partial charge in [-0.3, -0.25) is 9.69 Å². The van der Waals surface area contributed by atoms with Gasteiger partial charge in [-0.05, 0) is 25.8 Å². The largest absolute Gasteiger partial charge is 0.392 e. The number of imidazole rings is 1. The highest BCUT2D eigenvalue weighted by Crippen LogP contribution is 2.08. The van der Waals surface area contributed by atoms with Gasteiger partial charge in [0.05, 0.1) is 12.6 Å². The van der Waals surface area contributed by atoms with Crippen molar-refractivity contribution in [3.63, 3.8) is 0 Å². The van der Waals surface area contributed by atoms with Crippen molar-refractivity contribution >= 4 is 5.91 Å². The number of carbonyl (C=O) groups is 1. The van der Waals surface area contributed by atoms with Gasteiger partial charge in [-0.1, -0.05) is 0 Å². The maximum absolute atomic E-state index is 11.7. The molecule has 0 spiro atoms. The molecule has 2 rings (SSSR count). The Labute approximate surface area is 113 Å². The van der Waals surface area contributed by atoms with Crippen molar-refractivity contribution in [2.75, 3.05) is 26.2 Å². The fourth-order valence-electron chi connectivity index (χ4n) is 2.35. The van der Waals surface area contributed by atoms with Crippen molar-refractivity contribution in [1.82, 2.24) is 20.2 Å². The van der Waals surface area contributed by atoms with E-state index in [1.54, 1.807) is 12.4 Å². The lowest BCUT2D eigenvalue weighted by molar-refractivity contribution is -0.122. The minimum absolute atomic E-state index is 0.0357. The Morgan fingerprint density at radius 3 is 3.26 bits per heavy atom. The molecule has 1 aromatic rings. The SMILES string of the molecule is O=C(CN1CCC[C@H](O)C1)NCCCc1ncc[nH]1. The second-order valence-electron chi connectivity index (χ2n) is 5.02. The number of rotatable bonds is 6. The van der Waals surface area contributed by atoms with Crippen molar-refractivity contribution in [2.45, 2.75) is 31.8 Å². The van der Waals surface area contributed by atoms with E-state index in [4.69, 9.17) is 0 Å². The predicted octanol–water partition coefficient (Wildman–Crippen LogP) is -0.0848. The first-order chi connectivity index (χ1) is 9.24. The average Bonchev–Trinajstić information content (AvgIpc) is 2.88. The summed E-state index contributed by atoms with van der Waals surface area (Å²) in [6.07, 6.45) is 6.79. The first kappa shape index (κ1) is 14.0. The van der Waals surface area contributed by atoms with Crippen LogP contribution in [0.3, 0.4) is 0 Å². The molecule has 1 amide bonds. The highest BCUT2D eigenvalue weighted by molar-refractivity contribution is 5.77. The number of nitrogens with zero attached hydrogens (tertiary/aromatic N) is 2. The molecule has 1 aliphatic heterocycles. The third kappa shape index (κ3) is 5.00. The summed E-state index contributed by atoms with van der Waals surface area (Å²) in [6.45, 7) is 2.56. The third-order valence-corrected chi connectivity index (χ3v) is 3.32. The fourth-order valence-corrected chi connectivity index (χ4v) is 2.35. The molecule has 106 valence electrons. The molecule has 1 saturated heterocycles. The smallest absolute Gasteiger partial charge is 0.234 e. The number of likely N-dealkylation sites (tertiary alicyclic amines) is 1. The van der Waals surface area contributed by atoms with E-state index in [1.807, 2.05) is 4.90 Å². The predicted molar refractivity (Wildman–Crippen MR) is 71.6 cm³/mol. The van der Waals surface area contributed by atoms with Crippen LogP contribution in [0.15, 0.2) is 12.4 Å². The molecule has 3 N–H and O–H groups in total. The summed E-state index contributed by atoms with van der Waals surface area (Å²) in [5, 5.41) is 12.4. The van der Waals surface area contributed by atoms with E-state index >= 15 is 0 Å². The number of carbonyl (C=O) groups excluding carboxylic acids is 1. The van der Waals surface area contributed by atoms with Crippen LogP contribution < -0.4 is 5.32 Å². The molecule has 0 unspecified atom stereocenters. The van der Waals surface area contributed by atoms with E-state index in [-0.39, 0.29) is 12.0 Å². The molecular weight excluding hydrogens is 244 g/mol. The van der Waals surface area contributed by atoms with Gasteiger partial charge >= 0.3 is 0 Å². The second kappa shape index (κ2) is 7.25. The minimum atomic E-state index is -0.277. The van der Waals surface area contributed by atoms with E-state index in [0.29, 0.717) is 19.6 Å². The van der Waals surface area contributed by atoms with Crippen LogP contribution in [0, 0.1) is 0 Å². The Kier molecular flexibility index (Phi) is 5.35. The van der Waals surface area contributed by atoms with Gasteiger partial charge in [0.25, 0.3) is 0 Å². The van der Waals surface area contributed by atoms with Crippen molar-refractivity contribution in [3.05, 3.63) is 18.2 Å². The summed E-state index contributed by atoms with van der Waals surface area (Å²) in [4.78, 5) is 20.9. The molecule has 6 heteroatoms. The molecule has 0 saturated carbocycles. The number of hydrogen-bond acceptors (Lipinski definition) is 4. The van der Waals surface area contributed by atoms with Gasteiger partial charge in [0.15, 0.2) is 0 Å². The van der Waals surface area contributed by atoms with Crippen LogP contribution in [-0.4, -0.2) is 58.2 Å². The molecule has 1 atom stereocenters. The van der Waals surface area contributed by atoms with E-state index < -0.39 is 0 Å². The molecule has 0 aliphatic carbocycles. The Morgan fingerprint density at radius 2 is 2.53 bits per heavy atom. The standard InChI is InChI=1S/C13H22N4O2/c18-11-3-2-8-17(9-11)10-13(19)16-5-1-4-12-14-6-7-15-12/h6-7,11,18H,1-5,8-10H2,(H,14,15)(H,16,19)/t11-/m0/s1. The molecule has 2 heterocycles. The topological polar surface area (TPSA) is 81.2 Å². The molecule has 1 aromatic heterocycles. The zero-order valence-electron chi connectivity index (χ0n) is 11.1. The third-order valence-electron chi connectivity index (χ3n) is 3.32. The van der Waals surface area contributed by atoms with Gasteiger partial charge < -0.3 is 15.4 Å². The van der Waals surface area contributed by atoms with Crippen LogP contribution in [0.2, 0.25) is 0 Å². The number of aliphatic hydroxyl groups is 1. The Bertz CT molecular complexity index is 380. The average molecular weight is 266 g/mol. The Morgan fingerprint density at radius 1 is 1.63 bits per heavy atom. The van der Waals surface area contributed by atoms with Gasteiger partial charge in [-0.2, -0.15) is 0 Å². The summed E-state index contributed by atoms with van der Waals surface area (Å²) >= 11 is 0. The highest BCUT2D eigenvalue weighted by Gasteiger charge is 2.19. The fraction of sp³-hybridized carbons (Fsp3) is 0.692. The van der Waals surface area contributed by atoms with Gasteiger partial charge in [0.1, 0.15) is 5.82 Å². The van der Waals surface area contributed by atoms with Gasteiger partial charge in [-0.15, -0.1) is 0 Å². The number of nitrogens with one attached hydrogen (secondary N) is 2. The van der Waals surface area contributed by atoms with Crippen LogP contribution in [0.5, 0.6) is 0 Å². The van der Waals surface area contributed by atoms with Gasteiger partial charge in [-0.25, -0.2) is 4.98 Å². The molecule has 6 nitrogen and oxygen atoms in total. The Balaban J connectivity index is 1.56. The maximum Gasteiger partial charge on any atom is 0.234 e. The number of H-pyrrole nitrogens is 1. The second-order valence-corrected chi connectivity index (χ2v) is 5.02. The Hall–Kier alpha value is -1.40. The summed E-state index contributed by atoms with van der Waals surface area (Å²) in [7, 11) is 0. The molecule has 19 heavy (non-hydrogen) atoms. The summed E-state index contributed by atoms with van der Waals surface area (Å²) in [6, 6.07) is 0. The molecule has 0 radical (unpaired) electrons. The van der Waals surface area contributed by atoms with Crippen LogP contribution in [-0.2, 0) is 11.2 Å². The first-order valence-corrected chi connectivity index (χ1v) is 6.89. The number of hydrogen-bond donors (Lipinski definition) is 3. The lowest BCUT2D eigenvalue weighted by atomic mass is 10.1. The van der Waals surface area contributed by atoms with Crippen LogP contribution in [0.1, 0.15) is 25.1 Å². The maximum atomic E-state index is 11.7. The normalized spacial score (nSPS) is 20.4. The van der Waals surface area contributed by atoms with Gasteiger partial charge in [0.2, 0.25) is 5.91 Å². The summed E-state index contributed by atoms with van der Waals surface area (Å²) in [5.41, 5.74) is 0. The number of piperidine rings is 1. The van der Waals surface area contributed by atoms with Crippen LogP contribution in [0.4, 0.5) is 0 Å². The summed E-state index contributed by atoms with van der Waals surface area (Å²) in [5.74, 6) is 0.988. The van der Waals surface area contributed by atoms with Crippen molar-refractivity contribution < 1.29 is 9.90 Å². The number of aryl methyl sites for hydroxylation is 1. The highest BCUT2D eigenvalue weighted by atomic mass is 16.3. The molecule has 0 bridgehead atoms. The first-order valence-electron chi connectivity index (χ1n) is 6.89. The quantitative estimate of drug-likeness (QED) is 0.629. The number of aliphatic hydroxyl groups excluding tert-OH is 1. The van der Waals surface area contributed by atoms with E-state index in [2.05, 4.69) is 15.3 Å². The van der Waals surface area contributed by atoms with Gasteiger partial charge in [0, 0.05) is 31.9 Å². The molecule has 1 aliphatic rings. The van der Waals surface area contributed by atoms with Crippen molar-refractivity contribution in [3.8, 4) is 0 Å². The minimum Gasteiger partial charge on any atom is -0.392 e. The number of amides is 1. The van der Waals surface area contributed by atoms with Crippen LogP contribution in [0.25, 0.3) is 0 Å². The van der Waals surface area contributed by atoms with Crippen molar-refractivity contribution in [2.24, 2.45) is 0 Å². The lowest BCUT2D eigenvalue weighted by Gasteiger charge is -2.29. The summed E-state index contributed by atoms with van der Waals surface area (Å²) < 4.78 is 0. The monoisotopic (exact) mass is 266 g/mol. The van der Waals surface area contributed by atoms with Crippen molar-refractivity contribution in [1.29, 1.82) is 0 Å².